The molecule has 0 saturated heterocycles. The number of rotatable bonds is 5. The monoisotopic (exact) mass is 426 g/mol. The van der Waals surface area contributed by atoms with Crippen LogP contribution in [0.4, 0.5) is 5.69 Å². The zero-order valence-corrected chi connectivity index (χ0v) is 17.5. The van der Waals surface area contributed by atoms with Gasteiger partial charge in [-0.1, -0.05) is 42.1 Å². The normalized spacial score (nSPS) is 10.6. The van der Waals surface area contributed by atoms with Gasteiger partial charge >= 0.3 is 0 Å². The largest absolute Gasteiger partial charge is 0.315 e. The fraction of sp³-hybridized carbons (Fsp3) is 0.0833. The van der Waals surface area contributed by atoms with Gasteiger partial charge in [-0.2, -0.15) is 5.26 Å². The van der Waals surface area contributed by atoms with Crippen LogP contribution in [0.1, 0.15) is 5.56 Å². The maximum absolute atomic E-state index is 13.3. The highest BCUT2D eigenvalue weighted by atomic mass is 32.2. The number of para-hydroxylation sites is 2. The smallest absolute Gasteiger partial charge is 0.266 e. The van der Waals surface area contributed by atoms with Crippen molar-refractivity contribution in [3.63, 3.8) is 0 Å². The standard InChI is InChI=1S/C24H18N4O2S/c1-27(18-7-3-2-4-8-18)22(29)16-31-24-26-21-10-6-5-9-20(21)23(30)28(24)19-13-11-17(15-25)12-14-19/h2-14H,16H2,1H3. The summed E-state index contributed by atoms with van der Waals surface area (Å²) in [6, 6.07) is 25.3. The first-order valence-electron chi connectivity index (χ1n) is 9.55. The summed E-state index contributed by atoms with van der Waals surface area (Å²) >= 11 is 1.21. The van der Waals surface area contributed by atoms with Gasteiger partial charge in [-0.3, -0.25) is 14.2 Å². The lowest BCUT2D eigenvalue weighted by Crippen LogP contribution is -2.28. The predicted octanol–water partition coefficient (Wildman–Crippen LogP) is 4.01. The van der Waals surface area contributed by atoms with Crippen LogP contribution in [-0.4, -0.2) is 28.3 Å². The third kappa shape index (κ3) is 4.20. The second-order valence-electron chi connectivity index (χ2n) is 6.79. The summed E-state index contributed by atoms with van der Waals surface area (Å²) in [5, 5.41) is 9.97. The summed E-state index contributed by atoms with van der Waals surface area (Å²) in [5.41, 5.74) is 2.24. The molecule has 0 fully saturated rings. The van der Waals surface area contributed by atoms with Gasteiger partial charge in [0.25, 0.3) is 5.56 Å². The first-order valence-corrected chi connectivity index (χ1v) is 10.5. The van der Waals surface area contributed by atoms with Crippen molar-refractivity contribution in [2.24, 2.45) is 0 Å². The van der Waals surface area contributed by atoms with Crippen molar-refractivity contribution < 1.29 is 4.79 Å². The number of carbonyl (C=O) groups excluding carboxylic acids is 1. The van der Waals surface area contributed by atoms with Crippen LogP contribution in [0.3, 0.4) is 0 Å². The molecule has 4 rings (SSSR count). The highest BCUT2D eigenvalue weighted by Crippen LogP contribution is 2.23. The van der Waals surface area contributed by atoms with Crippen LogP contribution < -0.4 is 10.5 Å². The van der Waals surface area contributed by atoms with Gasteiger partial charge in [0.15, 0.2) is 5.16 Å². The Morgan fingerprint density at radius 1 is 1.03 bits per heavy atom. The topological polar surface area (TPSA) is 79.0 Å². The lowest BCUT2D eigenvalue weighted by atomic mass is 10.2. The molecule has 152 valence electrons. The van der Waals surface area contributed by atoms with E-state index >= 15 is 0 Å². The summed E-state index contributed by atoms with van der Waals surface area (Å²) in [4.78, 5) is 32.2. The Bertz CT molecular complexity index is 1340. The number of fused-ring (bicyclic) bond motifs is 1. The number of aromatic nitrogens is 2. The molecule has 1 heterocycles. The molecule has 0 aliphatic heterocycles. The molecule has 7 heteroatoms. The van der Waals surface area contributed by atoms with E-state index in [4.69, 9.17) is 5.26 Å². The van der Waals surface area contributed by atoms with E-state index in [2.05, 4.69) is 11.1 Å². The SMILES string of the molecule is CN(C(=O)CSc1nc2ccccc2c(=O)n1-c1ccc(C#N)cc1)c1ccccc1. The molecule has 3 aromatic carbocycles. The van der Waals surface area contributed by atoms with E-state index in [1.54, 1.807) is 54.4 Å². The van der Waals surface area contributed by atoms with E-state index in [0.29, 0.717) is 27.3 Å². The molecular weight excluding hydrogens is 408 g/mol. The van der Waals surface area contributed by atoms with Crippen LogP contribution in [-0.2, 0) is 4.79 Å². The van der Waals surface area contributed by atoms with E-state index in [9.17, 15) is 9.59 Å². The second-order valence-corrected chi connectivity index (χ2v) is 7.73. The predicted molar refractivity (Wildman–Crippen MR) is 123 cm³/mol. The first kappa shape index (κ1) is 20.4. The minimum Gasteiger partial charge on any atom is -0.315 e. The Balaban J connectivity index is 1.71. The van der Waals surface area contributed by atoms with Gasteiger partial charge in [0, 0.05) is 12.7 Å². The van der Waals surface area contributed by atoms with Crippen molar-refractivity contribution in [1.82, 2.24) is 9.55 Å². The van der Waals surface area contributed by atoms with Gasteiger partial charge in [0.1, 0.15) is 0 Å². The van der Waals surface area contributed by atoms with Crippen LogP contribution in [0.15, 0.2) is 88.8 Å². The molecule has 31 heavy (non-hydrogen) atoms. The highest BCUT2D eigenvalue weighted by Gasteiger charge is 2.17. The Hall–Kier alpha value is -3.89. The molecule has 6 nitrogen and oxygen atoms in total. The van der Waals surface area contributed by atoms with Crippen molar-refractivity contribution in [3.05, 3.63) is 94.8 Å². The van der Waals surface area contributed by atoms with Crippen LogP contribution in [0.5, 0.6) is 0 Å². The molecule has 0 aliphatic rings. The molecule has 0 unspecified atom stereocenters. The summed E-state index contributed by atoms with van der Waals surface area (Å²) in [6.45, 7) is 0. The summed E-state index contributed by atoms with van der Waals surface area (Å²) in [5.74, 6) is 0.0110. The third-order valence-corrected chi connectivity index (χ3v) is 5.77. The summed E-state index contributed by atoms with van der Waals surface area (Å²) < 4.78 is 1.49. The number of anilines is 1. The van der Waals surface area contributed by atoms with E-state index in [0.717, 1.165) is 5.69 Å². The Morgan fingerprint density at radius 3 is 2.42 bits per heavy atom. The highest BCUT2D eigenvalue weighted by molar-refractivity contribution is 7.99. The summed E-state index contributed by atoms with van der Waals surface area (Å²) in [6.07, 6.45) is 0. The minimum absolute atomic E-state index is 0.106. The second kappa shape index (κ2) is 8.86. The molecule has 0 saturated carbocycles. The number of hydrogen-bond acceptors (Lipinski definition) is 5. The zero-order chi connectivity index (χ0) is 21.8. The van der Waals surface area contributed by atoms with Gasteiger partial charge in [-0.05, 0) is 48.5 Å². The van der Waals surface area contributed by atoms with Gasteiger partial charge < -0.3 is 4.90 Å². The number of nitrogens with zero attached hydrogens (tertiary/aromatic N) is 4. The fourth-order valence-electron chi connectivity index (χ4n) is 3.14. The van der Waals surface area contributed by atoms with Gasteiger partial charge in [0.05, 0.1) is 34.0 Å². The number of carbonyl (C=O) groups is 1. The average Bonchev–Trinajstić information content (AvgIpc) is 2.83. The minimum atomic E-state index is -0.221. The number of amides is 1. The molecule has 4 aromatic rings. The summed E-state index contributed by atoms with van der Waals surface area (Å²) in [7, 11) is 1.72. The molecule has 0 bridgehead atoms. The van der Waals surface area contributed by atoms with Crippen LogP contribution in [0.25, 0.3) is 16.6 Å². The zero-order valence-electron chi connectivity index (χ0n) is 16.7. The molecule has 1 aromatic heterocycles. The van der Waals surface area contributed by atoms with Gasteiger partial charge in [0.2, 0.25) is 5.91 Å². The number of hydrogen-bond donors (Lipinski definition) is 0. The van der Waals surface area contributed by atoms with Crippen molar-refractivity contribution in [2.75, 3.05) is 17.7 Å². The van der Waals surface area contributed by atoms with E-state index in [1.807, 2.05) is 36.4 Å². The molecule has 0 spiro atoms. The number of thioether (sulfide) groups is 1. The van der Waals surface area contributed by atoms with Crippen molar-refractivity contribution in [1.29, 1.82) is 5.26 Å². The average molecular weight is 427 g/mol. The Labute approximate surface area is 183 Å². The molecular formula is C24H18N4O2S. The van der Waals surface area contributed by atoms with E-state index < -0.39 is 0 Å². The third-order valence-electron chi connectivity index (χ3n) is 4.84. The lowest BCUT2D eigenvalue weighted by Gasteiger charge is -2.18. The van der Waals surface area contributed by atoms with Crippen molar-refractivity contribution in [2.45, 2.75) is 5.16 Å². The molecule has 0 radical (unpaired) electrons. The maximum Gasteiger partial charge on any atom is 0.266 e. The molecule has 0 N–H and O–H groups in total. The molecule has 1 amide bonds. The van der Waals surface area contributed by atoms with Crippen LogP contribution in [0, 0.1) is 11.3 Å². The molecule has 0 atom stereocenters. The van der Waals surface area contributed by atoms with Crippen LogP contribution in [0.2, 0.25) is 0 Å². The number of nitriles is 1. The Morgan fingerprint density at radius 2 is 1.71 bits per heavy atom. The van der Waals surface area contributed by atoms with Gasteiger partial charge in [-0.25, -0.2) is 4.98 Å². The maximum atomic E-state index is 13.3. The van der Waals surface area contributed by atoms with Crippen molar-refractivity contribution in [3.8, 4) is 11.8 Å². The number of benzene rings is 3. The quantitative estimate of drug-likeness (QED) is 0.356. The molecule has 0 aliphatic carbocycles. The van der Waals surface area contributed by atoms with E-state index in [-0.39, 0.29) is 17.2 Å². The van der Waals surface area contributed by atoms with E-state index in [1.165, 1.54) is 16.3 Å². The van der Waals surface area contributed by atoms with Crippen molar-refractivity contribution >= 4 is 34.3 Å². The first-order chi connectivity index (χ1) is 15.1. The van der Waals surface area contributed by atoms with Crippen LogP contribution >= 0.6 is 11.8 Å². The Kier molecular flexibility index (Phi) is 5.83. The fourth-order valence-corrected chi connectivity index (χ4v) is 4.07. The lowest BCUT2D eigenvalue weighted by molar-refractivity contribution is -0.115. The van der Waals surface area contributed by atoms with Gasteiger partial charge in [-0.15, -0.1) is 0 Å².